The largest absolute Gasteiger partial charge is 0.387 e. The third kappa shape index (κ3) is 4.42. The zero-order valence-electron chi connectivity index (χ0n) is 19.1. The van der Waals surface area contributed by atoms with Crippen molar-refractivity contribution in [3.05, 3.63) is 65.4 Å². The van der Waals surface area contributed by atoms with E-state index < -0.39 is 11.8 Å². The fourth-order valence-corrected chi connectivity index (χ4v) is 3.93. The normalized spacial score (nSPS) is 20.2. The summed E-state index contributed by atoms with van der Waals surface area (Å²) >= 11 is 0. The van der Waals surface area contributed by atoms with E-state index >= 15 is 0 Å². The number of pyridine rings is 1. The molecule has 10 heteroatoms. The van der Waals surface area contributed by atoms with Crippen LogP contribution in [0.2, 0.25) is 0 Å². The Hall–Kier alpha value is -3.63. The van der Waals surface area contributed by atoms with Gasteiger partial charge < -0.3 is 19.7 Å². The molecular weight excluding hydrogens is 453 g/mol. The number of nitrogens with zero attached hydrogens (tertiary/aromatic N) is 4. The highest BCUT2D eigenvalue weighted by atomic mass is 19.1. The first-order valence-electron chi connectivity index (χ1n) is 11.5. The number of ether oxygens (including phenoxy) is 1. The molecule has 0 aliphatic heterocycles. The summed E-state index contributed by atoms with van der Waals surface area (Å²) in [5.74, 6) is 0.0305. The van der Waals surface area contributed by atoms with Gasteiger partial charge in [0.2, 0.25) is 11.7 Å². The molecule has 3 heterocycles. The van der Waals surface area contributed by atoms with E-state index in [1.165, 1.54) is 6.20 Å². The quantitative estimate of drug-likeness (QED) is 0.397. The van der Waals surface area contributed by atoms with Gasteiger partial charge in [-0.3, -0.25) is 9.20 Å². The number of aryl methyl sites for hydroxylation is 1. The van der Waals surface area contributed by atoms with Crippen LogP contribution in [0.1, 0.15) is 52.7 Å². The van der Waals surface area contributed by atoms with Crippen molar-refractivity contribution in [1.82, 2.24) is 19.5 Å². The minimum Gasteiger partial charge on any atom is -0.387 e. The molecule has 4 aromatic rings. The standard InChI is InChI=1S/C25H24FN5O4/c1-14-2-3-16(22-29-24(35-30-22)17-10-18(17)26)9-19(14)28-23(32)20-11-27-21-8-15(4-7-31(20)21)12-34-13-25(33)5-6-25/h2-4,7-9,11,17-18,33H,5-6,10,12-13H2,1H3,(H,28,32)/t17-,18-/m0/s1. The van der Waals surface area contributed by atoms with Gasteiger partial charge in [-0.2, -0.15) is 4.98 Å². The van der Waals surface area contributed by atoms with Crippen LogP contribution in [0.3, 0.4) is 0 Å². The van der Waals surface area contributed by atoms with Crippen molar-refractivity contribution in [2.24, 2.45) is 0 Å². The molecule has 0 radical (unpaired) electrons. The molecule has 35 heavy (non-hydrogen) atoms. The highest BCUT2D eigenvalue weighted by Crippen LogP contribution is 2.43. The Balaban J connectivity index is 1.17. The summed E-state index contributed by atoms with van der Waals surface area (Å²) in [5, 5.41) is 16.8. The SMILES string of the molecule is Cc1ccc(-c2noc([C@H]3C[C@@H]3F)n2)cc1NC(=O)c1cnc2cc(COCC3(O)CC3)ccn12. The number of alkyl halides is 1. The summed E-state index contributed by atoms with van der Waals surface area (Å²) in [6, 6.07) is 9.18. The lowest BCUT2D eigenvalue weighted by molar-refractivity contribution is 0.0131. The fourth-order valence-electron chi connectivity index (χ4n) is 3.93. The molecule has 1 amide bonds. The van der Waals surface area contributed by atoms with Crippen molar-refractivity contribution < 1.29 is 23.6 Å². The fraction of sp³-hybridized carbons (Fsp3) is 0.360. The number of rotatable bonds is 8. The highest BCUT2D eigenvalue weighted by molar-refractivity contribution is 6.04. The number of aromatic nitrogens is 4. The zero-order valence-corrected chi connectivity index (χ0v) is 19.1. The maximum absolute atomic E-state index is 13.3. The molecule has 6 rings (SSSR count). The maximum Gasteiger partial charge on any atom is 0.274 e. The Morgan fingerprint density at radius 2 is 2.17 bits per heavy atom. The van der Waals surface area contributed by atoms with Gasteiger partial charge in [0.15, 0.2) is 0 Å². The van der Waals surface area contributed by atoms with Crippen molar-refractivity contribution in [2.75, 3.05) is 11.9 Å². The van der Waals surface area contributed by atoms with Crippen LogP contribution in [0, 0.1) is 6.92 Å². The summed E-state index contributed by atoms with van der Waals surface area (Å²) in [6.45, 7) is 2.57. The second-order valence-electron chi connectivity index (χ2n) is 9.42. The van der Waals surface area contributed by atoms with E-state index in [0.29, 0.717) is 53.9 Å². The summed E-state index contributed by atoms with van der Waals surface area (Å²) in [6.07, 6.45) is 4.36. The van der Waals surface area contributed by atoms with Crippen molar-refractivity contribution >= 4 is 17.2 Å². The molecular formula is C25H24FN5O4. The predicted molar refractivity (Wildman–Crippen MR) is 124 cm³/mol. The molecule has 2 N–H and O–H groups in total. The molecule has 3 aromatic heterocycles. The van der Waals surface area contributed by atoms with Crippen LogP contribution in [0.15, 0.2) is 47.2 Å². The number of carbonyl (C=O) groups is 1. The zero-order chi connectivity index (χ0) is 24.2. The third-order valence-electron chi connectivity index (χ3n) is 6.49. The molecule has 1 aromatic carbocycles. The lowest BCUT2D eigenvalue weighted by atomic mass is 10.1. The maximum atomic E-state index is 13.3. The van der Waals surface area contributed by atoms with E-state index in [1.807, 2.05) is 31.2 Å². The number of aliphatic hydroxyl groups is 1. The van der Waals surface area contributed by atoms with Crippen molar-refractivity contribution in [2.45, 2.75) is 50.5 Å². The minimum atomic E-state index is -0.916. The van der Waals surface area contributed by atoms with Gasteiger partial charge in [-0.15, -0.1) is 0 Å². The van der Waals surface area contributed by atoms with Gasteiger partial charge >= 0.3 is 0 Å². The van der Waals surface area contributed by atoms with E-state index in [1.54, 1.807) is 16.7 Å². The van der Waals surface area contributed by atoms with Gasteiger partial charge in [0, 0.05) is 17.4 Å². The number of amides is 1. The second-order valence-corrected chi connectivity index (χ2v) is 9.42. The van der Waals surface area contributed by atoms with Crippen LogP contribution in [-0.4, -0.2) is 48.9 Å². The number of anilines is 1. The minimum absolute atomic E-state index is 0.303. The molecule has 2 saturated carbocycles. The van der Waals surface area contributed by atoms with Gasteiger partial charge in [-0.05, 0) is 55.5 Å². The molecule has 9 nitrogen and oxygen atoms in total. The van der Waals surface area contributed by atoms with Gasteiger partial charge in [-0.1, -0.05) is 17.3 Å². The highest BCUT2D eigenvalue weighted by Gasteiger charge is 2.43. The lowest BCUT2D eigenvalue weighted by Gasteiger charge is -2.10. The molecule has 180 valence electrons. The Morgan fingerprint density at radius 3 is 2.94 bits per heavy atom. The average molecular weight is 477 g/mol. The third-order valence-corrected chi connectivity index (χ3v) is 6.49. The Morgan fingerprint density at radius 1 is 1.34 bits per heavy atom. The summed E-state index contributed by atoms with van der Waals surface area (Å²) in [7, 11) is 0. The van der Waals surface area contributed by atoms with Crippen LogP contribution in [0.25, 0.3) is 17.0 Å². The molecule has 2 fully saturated rings. The number of nitrogens with one attached hydrogen (secondary N) is 1. The number of carbonyl (C=O) groups excluding carboxylic acids is 1. The van der Waals surface area contributed by atoms with Crippen molar-refractivity contribution in [1.29, 1.82) is 0 Å². The first-order valence-corrected chi connectivity index (χ1v) is 11.5. The van der Waals surface area contributed by atoms with E-state index in [9.17, 15) is 14.3 Å². The van der Waals surface area contributed by atoms with Crippen molar-refractivity contribution in [3.63, 3.8) is 0 Å². The monoisotopic (exact) mass is 477 g/mol. The number of hydrogen-bond acceptors (Lipinski definition) is 7. The molecule has 2 aliphatic carbocycles. The van der Waals surface area contributed by atoms with Gasteiger partial charge in [0.25, 0.3) is 5.91 Å². The number of fused-ring (bicyclic) bond motifs is 1. The van der Waals surface area contributed by atoms with Crippen LogP contribution in [0.5, 0.6) is 0 Å². The predicted octanol–water partition coefficient (Wildman–Crippen LogP) is 3.81. The molecule has 0 unspecified atom stereocenters. The number of hydrogen-bond donors (Lipinski definition) is 2. The molecule has 0 spiro atoms. The molecule has 2 atom stereocenters. The number of halogens is 1. The van der Waals surface area contributed by atoms with Crippen LogP contribution in [0.4, 0.5) is 10.1 Å². The van der Waals surface area contributed by atoms with E-state index in [2.05, 4.69) is 20.4 Å². The first kappa shape index (κ1) is 21.9. The first-order chi connectivity index (χ1) is 16.9. The smallest absolute Gasteiger partial charge is 0.274 e. The Kier molecular flexibility index (Phi) is 5.15. The second kappa shape index (κ2) is 8.24. The van der Waals surface area contributed by atoms with Crippen LogP contribution in [-0.2, 0) is 11.3 Å². The van der Waals surface area contributed by atoms with Crippen molar-refractivity contribution in [3.8, 4) is 11.4 Å². The van der Waals surface area contributed by atoms with Crippen LogP contribution < -0.4 is 5.32 Å². The molecule has 0 bridgehead atoms. The van der Waals surface area contributed by atoms with Crippen LogP contribution >= 0.6 is 0 Å². The van der Waals surface area contributed by atoms with Gasteiger partial charge in [-0.25, -0.2) is 9.37 Å². The topological polar surface area (TPSA) is 115 Å². The van der Waals surface area contributed by atoms with Gasteiger partial charge in [0.05, 0.1) is 30.9 Å². The van der Waals surface area contributed by atoms with E-state index in [0.717, 1.165) is 24.0 Å². The number of benzene rings is 1. The lowest BCUT2D eigenvalue weighted by Crippen LogP contribution is -2.16. The molecule has 0 saturated heterocycles. The summed E-state index contributed by atoms with van der Waals surface area (Å²) in [5.41, 5.74) is 3.39. The van der Waals surface area contributed by atoms with Gasteiger partial charge in [0.1, 0.15) is 17.5 Å². The summed E-state index contributed by atoms with van der Waals surface area (Å²) in [4.78, 5) is 21.8. The van der Waals surface area contributed by atoms with E-state index in [-0.39, 0.29) is 11.8 Å². The molecule has 2 aliphatic rings. The average Bonchev–Trinajstić information content (AvgIpc) is 3.61. The Bertz CT molecular complexity index is 1430. The van der Waals surface area contributed by atoms with E-state index in [4.69, 9.17) is 9.26 Å². The number of imidazole rings is 1. The Labute approximate surface area is 199 Å². The summed E-state index contributed by atoms with van der Waals surface area (Å²) < 4.78 is 25.8.